The van der Waals surface area contributed by atoms with E-state index in [0.717, 1.165) is 11.2 Å². The van der Waals surface area contributed by atoms with Crippen molar-refractivity contribution in [2.45, 2.75) is 11.8 Å². The molecule has 1 aliphatic heterocycles. The number of aryl methyl sites for hydroxylation is 1. The van der Waals surface area contributed by atoms with Crippen molar-refractivity contribution < 1.29 is 13.3 Å². The number of nitrogens with zero attached hydrogens (tertiary/aromatic N) is 4. The number of anilines is 1. The third kappa shape index (κ3) is 3.12. The van der Waals surface area contributed by atoms with Gasteiger partial charge in [0.15, 0.2) is 5.13 Å². The van der Waals surface area contributed by atoms with Crippen LogP contribution in [0, 0.1) is 17.0 Å². The second-order valence-corrected chi connectivity index (χ2v) is 8.22. The Labute approximate surface area is 143 Å². The molecule has 1 aromatic heterocycles. The molecule has 1 saturated heterocycles. The van der Waals surface area contributed by atoms with Crippen LogP contribution in [0.2, 0.25) is 0 Å². The molecule has 0 N–H and O–H groups in total. The summed E-state index contributed by atoms with van der Waals surface area (Å²) in [6, 6.07) is 4.03. The largest absolute Gasteiger partial charge is 0.345 e. The molecule has 0 atom stereocenters. The van der Waals surface area contributed by atoms with Crippen molar-refractivity contribution in [3.63, 3.8) is 0 Å². The first kappa shape index (κ1) is 16.8. The van der Waals surface area contributed by atoms with E-state index in [4.69, 9.17) is 0 Å². The average molecular weight is 368 g/mol. The van der Waals surface area contributed by atoms with E-state index in [9.17, 15) is 18.5 Å². The molecule has 1 fully saturated rings. The maximum absolute atomic E-state index is 12.7. The van der Waals surface area contributed by atoms with E-state index in [1.165, 1.54) is 27.8 Å². The van der Waals surface area contributed by atoms with Crippen molar-refractivity contribution in [2.24, 2.45) is 0 Å². The molecule has 0 unspecified atom stereocenters. The molecule has 0 saturated carbocycles. The number of benzene rings is 1. The summed E-state index contributed by atoms with van der Waals surface area (Å²) >= 11 is 1.51. The van der Waals surface area contributed by atoms with E-state index < -0.39 is 14.9 Å². The first-order valence-electron chi connectivity index (χ1n) is 7.29. The number of aromatic nitrogens is 1. The van der Waals surface area contributed by atoms with Crippen LogP contribution in [0.4, 0.5) is 10.8 Å². The highest BCUT2D eigenvalue weighted by molar-refractivity contribution is 7.89. The van der Waals surface area contributed by atoms with Crippen LogP contribution in [0.5, 0.6) is 0 Å². The van der Waals surface area contributed by atoms with Gasteiger partial charge in [-0.05, 0) is 13.0 Å². The van der Waals surface area contributed by atoms with Gasteiger partial charge >= 0.3 is 0 Å². The second kappa shape index (κ2) is 6.46. The highest BCUT2D eigenvalue weighted by Crippen LogP contribution is 2.26. The molecular weight excluding hydrogens is 352 g/mol. The summed E-state index contributed by atoms with van der Waals surface area (Å²) in [4.78, 5) is 16.7. The van der Waals surface area contributed by atoms with Crippen molar-refractivity contribution in [3.05, 3.63) is 45.5 Å². The van der Waals surface area contributed by atoms with Crippen LogP contribution in [-0.4, -0.2) is 48.8 Å². The second-order valence-electron chi connectivity index (χ2n) is 5.41. The minimum atomic E-state index is -3.74. The predicted octanol–water partition coefficient (Wildman–Crippen LogP) is 1.87. The van der Waals surface area contributed by atoms with Gasteiger partial charge in [-0.15, -0.1) is 11.3 Å². The zero-order valence-electron chi connectivity index (χ0n) is 13.0. The SMILES string of the molecule is Cc1ccc(S(=O)(=O)N2CCN(c3nccs3)CC2)cc1[N+](=O)[O-]. The molecule has 2 aromatic rings. The molecule has 0 aliphatic carbocycles. The number of thiazole rings is 1. The van der Waals surface area contributed by atoms with Gasteiger partial charge in [0, 0.05) is 49.4 Å². The molecule has 8 nitrogen and oxygen atoms in total. The van der Waals surface area contributed by atoms with Gasteiger partial charge in [-0.3, -0.25) is 10.1 Å². The van der Waals surface area contributed by atoms with E-state index >= 15 is 0 Å². The fourth-order valence-electron chi connectivity index (χ4n) is 2.59. The van der Waals surface area contributed by atoms with Crippen molar-refractivity contribution in [1.82, 2.24) is 9.29 Å². The fourth-order valence-corrected chi connectivity index (χ4v) is 4.73. The normalized spacial score (nSPS) is 16.3. The van der Waals surface area contributed by atoms with Crippen LogP contribution in [0.25, 0.3) is 0 Å². The van der Waals surface area contributed by atoms with Crippen LogP contribution in [0.3, 0.4) is 0 Å². The summed E-state index contributed by atoms with van der Waals surface area (Å²) in [7, 11) is -3.74. The molecular formula is C14H16N4O4S2. The summed E-state index contributed by atoms with van der Waals surface area (Å²) < 4.78 is 26.8. The number of sulfonamides is 1. The Balaban J connectivity index is 1.79. The molecule has 3 rings (SSSR count). The number of hydrogen-bond acceptors (Lipinski definition) is 7. The number of nitro groups is 1. The maximum Gasteiger partial charge on any atom is 0.273 e. The molecule has 1 aliphatic rings. The number of piperazine rings is 1. The van der Waals surface area contributed by atoms with Gasteiger partial charge in [0.25, 0.3) is 5.69 Å². The number of hydrogen-bond donors (Lipinski definition) is 0. The minimum absolute atomic E-state index is 0.0394. The summed E-state index contributed by atoms with van der Waals surface area (Å²) in [5.74, 6) is 0. The highest BCUT2D eigenvalue weighted by Gasteiger charge is 2.30. The van der Waals surface area contributed by atoms with Gasteiger partial charge in [-0.25, -0.2) is 13.4 Å². The summed E-state index contributed by atoms with van der Waals surface area (Å²) in [5.41, 5.74) is 0.255. The minimum Gasteiger partial charge on any atom is -0.345 e. The average Bonchev–Trinajstić information content (AvgIpc) is 3.09. The van der Waals surface area contributed by atoms with Crippen LogP contribution < -0.4 is 4.90 Å². The Hall–Kier alpha value is -2.04. The van der Waals surface area contributed by atoms with E-state index in [1.54, 1.807) is 13.1 Å². The van der Waals surface area contributed by atoms with E-state index in [2.05, 4.69) is 4.98 Å². The quantitative estimate of drug-likeness (QED) is 0.604. The Morgan fingerprint density at radius 1 is 1.25 bits per heavy atom. The van der Waals surface area contributed by atoms with Gasteiger partial charge in [0.2, 0.25) is 10.0 Å². The molecule has 128 valence electrons. The molecule has 0 radical (unpaired) electrons. The van der Waals surface area contributed by atoms with Gasteiger partial charge < -0.3 is 4.90 Å². The lowest BCUT2D eigenvalue weighted by molar-refractivity contribution is -0.385. The third-order valence-electron chi connectivity index (χ3n) is 3.94. The zero-order valence-corrected chi connectivity index (χ0v) is 14.6. The summed E-state index contributed by atoms with van der Waals surface area (Å²) in [5, 5.41) is 13.8. The number of rotatable bonds is 4. The van der Waals surface area contributed by atoms with Crippen molar-refractivity contribution >= 4 is 32.2 Å². The Morgan fingerprint density at radius 3 is 2.54 bits per heavy atom. The highest BCUT2D eigenvalue weighted by atomic mass is 32.2. The van der Waals surface area contributed by atoms with E-state index in [1.807, 2.05) is 10.3 Å². The van der Waals surface area contributed by atoms with Crippen LogP contribution >= 0.6 is 11.3 Å². The lowest BCUT2D eigenvalue weighted by Gasteiger charge is -2.33. The van der Waals surface area contributed by atoms with Gasteiger partial charge in [0.1, 0.15) is 0 Å². The Morgan fingerprint density at radius 2 is 1.96 bits per heavy atom. The van der Waals surface area contributed by atoms with Crippen LogP contribution in [-0.2, 0) is 10.0 Å². The van der Waals surface area contributed by atoms with Crippen molar-refractivity contribution in [1.29, 1.82) is 0 Å². The number of nitro benzene ring substituents is 1. The third-order valence-corrected chi connectivity index (χ3v) is 6.67. The summed E-state index contributed by atoms with van der Waals surface area (Å²) in [6.07, 6.45) is 1.72. The van der Waals surface area contributed by atoms with Crippen LogP contribution in [0.1, 0.15) is 5.56 Å². The Bertz CT molecular complexity index is 844. The molecule has 0 amide bonds. The van der Waals surface area contributed by atoms with Gasteiger partial charge in [-0.2, -0.15) is 4.31 Å². The van der Waals surface area contributed by atoms with E-state index in [0.29, 0.717) is 31.7 Å². The van der Waals surface area contributed by atoms with Crippen molar-refractivity contribution in [2.75, 3.05) is 31.1 Å². The maximum atomic E-state index is 12.7. The predicted molar refractivity (Wildman–Crippen MR) is 90.9 cm³/mol. The standard InChI is InChI=1S/C14H16N4O4S2/c1-11-2-3-12(10-13(11)18(19)20)24(21,22)17-7-5-16(6-8-17)14-15-4-9-23-14/h2-4,9-10H,5-8H2,1H3. The van der Waals surface area contributed by atoms with E-state index in [-0.39, 0.29) is 10.6 Å². The molecule has 0 spiro atoms. The fraction of sp³-hybridized carbons (Fsp3) is 0.357. The smallest absolute Gasteiger partial charge is 0.273 e. The molecule has 0 bridgehead atoms. The molecule has 1 aromatic carbocycles. The zero-order chi connectivity index (χ0) is 17.3. The first-order chi connectivity index (χ1) is 11.4. The topological polar surface area (TPSA) is 96.7 Å². The van der Waals surface area contributed by atoms with Crippen LogP contribution in [0.15, 0.2) is 34.7 Å². The van der Waals surface area contributed by atoms with Gasteiger partial charge in [-0.1, -0.05) is 6.07 Å². The molecule has 10 heteroatoms. The lowest BCUT2D eigenvalue weighted by Crippen LogP contribution is -2.48. The van der Waals surface area contributed by atoms with Gasteiger partial charge in [0.05, 0.1) is 9.82 Å². The lowest BCUT2D eigenvalue weighted by atomic mass is 10.2. The summed E-state index contributed by atoms with van der Waals surface area (Å²) in [6.45, 7) is 3.32. The molecule has 2 heterocycles. The Kier molecular flexibility index (Phi) is 4.52. The monoisotopic (exact) mass is 368 g/mol. The molecule has 24 heavy (non-hydrogen) atoms. The first-order valence-corrected chi connectivity index (χ1v) is 9.61. The van der Waals surface area contributed by atoms with Crippen molar-refractivity contribution in [3.8, 4) is 0 Å².